The minimum absolute atomic E-state index is 0.515. The number of pyridine rings is 1. The van der Waals surface area contributed by atoms with Crippen molar-refractivity contribution in [3.63, 3.8) is 0 Å². The lowest BCUT2D eigenvalue weighted by Crippen LogP contribution is -2.42. The van der Waals surface area contributed by atoms with E-state index in [2.05, 4.69) is 33.7 Å². The Balaban J connectivity index is 2.51. The topological polar surface area (TPSA) is 84.6 Å². The average molecular weight is 265 g/mol. The zero-order valence-electron chi connectivity index (χ0n) is 11.6. The van der Waals surface area contributed by atoms with E-state index in [-0.39, 0.29) is 0 Å². The van der Waals surface area contributed by atoms with Crippen molar-refractivity contribution in [3.8, 4) is 0 Å². The van der Waals surface area contributed by atoms with Crippen LogP contribution in [-0.4, -0.2) is 31.2 Å². The highest BCUT2D eigenvalue weighted by Crippen LogP contribution is 2.07. The molecule has 106 valence electrons. The molecule has 4 N–H and O–H groups in total. The summed E-state index contributed by atoms with van der Waals surface area (Å²) in [6.07, 6.45) is 3.64. The Hall–Kier alpha value is -1.66. The number of hydrogen-bond donors (Lipinski definition) is 3. The van der Waals surface area contributed by atoms with E-state index in [0.717, 1.165) is 25.1 Å². The monoisotopic (exact) mass is 265 g/mol. The van der Waals surface area contributed by atoms with E-state index in [4.69, 9.17) is 10.6 Å². The highest BCUT2D eigenvalue weighted by molar-refractivity contribution is 5.79. The van der Waals surface area contributed by atoms with Crippen LogP contribution >= 0.6 is 0 Å². The normalized spacial score (nSPS) is 11.4. The molecule has 0 aliphatic rings. The zero-order chi connectivity index (χ0) is 13.9. The molecular formula is C13H23N5O. The molecule has 19 heavy (non-hydrogen) atoms. The summed E-state index contributed by atoms with van der Waals surface area (Å²) in [4.78, 5) is 8.73. The van der Waals surface area contributed by atoms with E-state index >= 15 is 0 Å². The van der Waals surface area contributed by atoms with Gasteiger partial charge in [0.15, 0.2) is 0 Å². The Morgan fingerprint density at radius 2 is 2.37 bits per heavy atom. The van der Waals surface area contributed by atoms with Gasteiger partial charge in [0.2, 0.25) is 5.96 Å². The quantitative estimate of drug-likeness (QED) is 0.221. The van der Waals surface area contributed by atoms with Gasteiger partial charge in [-0.1, -0.05) is 13.0 Å². The Kier molecular flexibility index (Phi) is 7.53. The zero-order valence-corrected chi connectivity index (χ0v) is 11.6. The third-order valence-electron chi connectivity index (χ3n) is 2.71. The van der Waals surface area contributed by atoms with Crippen LogP contribution in [0.25, 0.3) is 0 Å². The fraction of sp³-hybridized carbons (Fsp3) is 0.538. The van der Waals surface area contributed by atoms with Crippen LogP contribution < -0.4 is 16.6 Å². The van der Waals surface area contributed by atoms with Crippen molar-refractivity contribution in [2.45, 2.75) is 26.3 Å². The summed E-state index contributed by atoms with van der Waals surface area (Å²) in [5.41, 5.74) is 4.75. The van der Waals surface area contributed by atoms with Crippen molar-refractivity contribution < 1.29 is 4.74 Å². The predicted molar refractivity (Wildman–Crippen MR) is 76.6 cm³/mol. The Morgan fingerprint density at radius 3 is 3.05 bits per heavy atom. The fourth-order valence-electron chi connectivity index (χ4n) is 1.67. The van der Waals surface area contributed by atoms with E-state index in [1.54, 1.807) is 13.3 Å². The number of ether oxygens (including phenoxy) is 1. The molecule has 0 aliphatic heterocycles. The van der Waals surface area contributed by atoms with E-state index in [1.807, 2.05) is 6.07 Å². The second kappa shape index (κ2) is 9.29. The van der Waals surface area contributed by atoms with Gasteiger partial charge in [-0.3, -0.25) is 10.4 Å². The van der Waals surface area contributed by atoms with Gasteiger partial charge in [-0.15, -0.1) is 0 Å². The van der Waals surface area contributed by atoms with Crippen LogP contribution in [-0.2, 0) is 17.7 Å². The highest BCUT2D eigenvalue weighted by Gasteiger charge is 2.01. The van der Waals surface area contributed by atoms with Crippen LogP contribution in [0.2, 0.25) is 0 Å². The van der Waals surface area contributed by atoms with Gasteiger partial charge < -0.3 is 10.1 Å². The van der Waals surface area contributed by atoms with E-state index < -0.39 is 0 Å². The molecule has 6 nitrogen and oxygen atoms in total. The van der Waals surface area contributed by atoms with Crippen LogP contribution in [0.1, 0.15) is 24.6 Å². The number of aromatic nitrogens is 1. The first kappa shape index (κ1) is 15.4. The van der Waals surface area contributed by atoms with Gasteiger partial charge in [0.1, 0.15) is 0 Å². The second-order valence-electron chi connectivity index (χ2n) is 4.05. The molecule has 0 radical (unpaired) electrons. The Morgan fingerprint density at radius 1 is 1.53 bits per heavy atom. The molecular weight excluding hydrogens is 242 g/mol. The number of hydrazine groups is 1. The van der Waals surface area contributed by atoms with Crippen LogP contribution in [0.15, 0.2) is 23.3 Å². The van der Waals surface area contributed by atoms with Crippen molar-refractivity contribution in [3.05, 3.63) is 29.6 Å². The van der Waals surface area contributed by atoms with Crippen molar-refractivity contribution >= 4 is 5.96 Å². The summed E-state index contributed by atoms with van der Waals surface area (Å²) in [5.74, 6) is 6.00. The summed E-state index contributed by atoms with van der Waals surface area (Å²) < 4.78 is 4.98. The third kappa shape index (κ3) is 5.67. The van der Waals surface area contributed by atoms with E-state index in [1.165, 1.54) is 5.56 Å². The second-order valence-corrected chi connectivity index (χ2v) is 4.05. The first-order valence-corrected chi connectivity index (χ1v) is 6.48. The number of nitrogens with one attached hydrogen (secondary N) is 2. The van der Waals surface area contributed by atoms with Crippen LogP contribution in [0, 0.1) is 0 Å². The lowest BCUT2D eigenvalue weighted by atomic mass is 10.1. The molecule has 0 fully saturated rings. The van der Waals surface area contributed by atoms with Gasteiger partial charge in [-0.25, -0.2) is 10.8 Å². The first-order valence-electron chi connectivity index (χ1n) is 6.48. The number of nitrogens with zero attached hydrogens (tertiary/aromatic N) is 2. The van der Waals surface area contributed by atoms with Gasteiger partial charge in [-0.05, 0) is 24.5 Å². The predicted octanol–water partition coefficient (Wildman–Crippen LogP) is 0.589. The highest BCUT2D eigenvalue weighted by atomic mass is 16.5. The summed E-state index contributed by atoms with van der Waals surface area (Å²) >= 11 is 0. The minimum atomic E-state index is 0.515. The standard InChI is InChI=1S/C13H23N5O/c1-3-11-6-4-7-15-12(11)10-17-13(18-14)16-8-5-9-19-2/h4,6-7H,3,5,8-10,14H2,1-2H3,(H2,16,17,18). The number of aryl methyl sites for hydroxylation is 1. The molecule has 0 spiro atoms. The molecule has 0 bridgehead atoms. The van der Waals surface area contributed by atoms with Crippen molar-refractivity contribution in [2.24, 2.45) is 10.8 Å². The smallest absolute Gasteiger partial charge is 0.206 e. The molecule has 1 rings (SSSR count). The van der Waals surface area contributed by atoms with Crippen LogP contribution in [0.3, 0.4) is 0 Å². The molecule has 0 unspecified atom stereocenters. The van der Waals surface area contributed by atoms with Crippen molar-refractivity contribution in [1.82, 2.24) is 15.7 Å². The number of hydrogen-bond acceptors (Lipinski definition) is 4. The van der Waals surface area contributed by atoms with Gasteiger partial charge in [0, 0.05) is 26.5 Å². The van der Waals surface area contributed by atoms with E-state index in [0.29, 0.717) is 19.1 Å². The van der Waals surface area contributed by atoms with Crippen molar-refractivity contribution in [1.29, 1.82) is 0 Å². The molecule has 0 saturated carbocycles. The van der Waals surface area contributed by atoms with Gasteiger partial charge >= 0.3 is 0 Å². The lowest BCUT2D eigenvalue weighted by molar-refractivity contribution is 0.195. The average Bonchev–Trinajstić information content (AvgIpc) is 2.47. The van der Waals surface area contributed by atoms with Crippen molar-refractivity contribution in [2.75, 3.05) is 20.3 Å². The minimum Gasteiger partial charge on any atom is -0.385 e. The molecule has 0 aromatic carbocycles. The Bertz CT molecular complexity index is 394. The maximum Gasteiger partial charge on any atom is 0.206 e. The summed E-state index contributed by atoms with van der Waals surface area (Å²) in [6, 6.07) is 4.01. The lowest BCUT2D eigenvalue weighted by Gasteiger charge is -2.09. The molecule has 0 amide bonds. The molecule has 1 aromatic heterocycles. The van der Waals surface area contributed by atoms with Gasteiger partial charge in [0.25, 0.3) is 0 Å². The van der Waals surface area contributed by atoms with E-state index in [9.17, 15) is 0 Å². The molecule has 0 aliphatic carbocycles. The summed E-state index contributed by atoms with van der Waals surface area (Å²) in [5, 5.41) is 3.12. The number of methoxy groups -OCH3 is 1. The maximum absolute atomic E-state index is 5.43. The summed E-state index contributed by atoms with van der Waals surface area (Å²) in [6.45, 7) is 4.10. The number of rotatable bonds is 7. The van der Waals surface area contributed by atoms with Crippen LogP contribution in [0.5, 0.6) is 0 Å². The molecule has 6 heteroatoms. The molecule has 1 heterocycles. The molecule has 0 atom stereocenters. The number of guanidine groups is 1. The molecule has 1 aromatic rings. The largest absolute Gasteiger partial charge is 0.385 e. The van der Waals surface area contributed by atoms with Gasteiger partial charge in [0.05, 0.1) is 12.2 Å². The maximum atomic E-state index is 5.43. The summed E-state index contributed by atoms with van der Waals surface area (Å²) in [7, 11) is 1.68. The van der Waals surface area contributed by atoms with Crippen LogP contribution in [0.4, 0.5) is 0 Å². The number of nitrogens with two attached hydrogens (primary N) is 1. The Labute approximate surface area is 114 Å². The SMILES string of the molecule is CCc1cccnc1CN=C(NN)NCCCOC. The van der Waals surface area contributed by atoms with Gasteiger partial charge in [-0.2, -0.15) is 0 Å². The first-order chi connectivity index (χ1) is 9.31. The third-order valence-corrected chi connectivity index (χ3v) is 2.71. The fourth-order valence-corrected chi connectivity index (χ4v) is 1.67. The molecule has 0 saturated heterocycles. The number of aliphatic imine (C=N–C) groups is 1.